The molecule has 0 unspecified atom stereocenters. The summed E-state index contributed by atoms with van der Waals surface area (Å²) in [5.41, 5.74) is 0.259. The van der Waals surface area contributed by atoms with E-state index in [1.807, 2.05) is 6.92 Å². The maximum Gasteiger partial charge on any atom is 0.265 e. The third kappa shape index (κ3) is 4.29. The first-order chi connectivity index (χ1) is 11.0. The van der Waals surface area contributed by atoms with Crippen molar-refractivity contribution < 1.29 is 23.0 Å². The molecule has 0 amide bonds. The molecule has 0 spiro atoms. The molecule has 7 heteroatoms. The number of ether oxygens (including phenoxy) is 2. The summed E-state index contributed by atoms with van der Waals surface area (Å²) in [5.74, 6) is 0.647. The fraction of sp³-hybridized carbons (Fsp3) is 0.250. The molecule has 0 saturated heterocycles. The molecular formula is C16H19NO5S. The molecule has 2 aromatic rings. The van der Waals surface area contributed by atoms with Crippen LogP contribution in [0, 0.1) is 0 Å². The van der Waals surface area contributed by atoms with Crippen molar-refractivity contribution in [1.82, 2.24) is 0 Å². The molecule has 0 heterocycles. The van der Waals surface area contributed by atoms with Crippen LogP contribution in [0.5, 0.6) is 17.2 Å². The highest BCUT2D eigenvalue weighted by Crippen LogP contribution is 2.30. The normalized spacial score (nSPS) is 11.0. The lowest BCUT2D eigenvalue weighted by Crippen LogP contribution is -2.14. The number of phenols is 1. The Balaban J connectivity index is 2.41. The van der Waals surface area contributed by atoms with Gasteiger partial charge in [-0.15, -0.1) is 0 Å². The summed E-state index contributed by atoms with van der Waals surface area (Å²) in [4.78, 5) is -0.0198. The first-order valence-corrected chi connectivity index (χ1v) is 8.66. The minimum atomic E-state index is -3.89. The zero-order valence-corrected chi connectivity index (χ0v) is 13.8. The van der Waals surface area contributed by atoms with Gasteiger partial charge in [-0.05, 0) is 38.1 Å². The predicted molar refractivity (Wildman–Crippen MR) is 87.7 cm³/mol. The summed E-state index contributed by atoms with van der Waals surface area (Å²) in [6.45, 7) is 4.35. The van der Waals surface area contributed by atoms with Crippen molar-refractivity contribution in [2.24, 2.45) is 0 Å². The second kappa shape index (κ2) is 7.23. The number of hydrogen-bond acceptors (Lipinski definition) is 5. The van der Waals surface area contributed by atoms with E-state index in [4.69, 9.17) is 9.47 Å². The van der Waals surface area contributed by atoms with Gasteiger partial charge in [-0.25, -0.2) is 8.42 Å². The molecule has 23 heavy (non-hydrogen) atoms. The van der Waals surface area contributed by atoms with Crippen molar-refractivity contribution in [3.05, 3.63) is 42.5 Å². The van der Waals surface area contributed by atoms with Gasteiger partial charge in [0.15, 0.2) is 0 Å². The maximum atomic E-state index is 12.6. The van der Waals surface area contributed by atoms with Crippen LogP contribution < -0.4 is 14.2 Å². The summed E-state index contributed by atoms with van der Waals surface area (Å²) in [7, 11) is -3.89. The highest BCUT2D eigenvalue weighted by Gasteiger charge is 2.21. The lowest BCUT2D eigenvalue weighted by atomic mass is 10.3. The van der Waals surface area contributed by atoms with E-state index in [1.165, 1.54) is 18.2 Å². The molecule has 124 valence electrons. The summed E-state index contributed by atoms with van der Waals surface area (Å²) in [5, 5.41) is 9.45. The SMILES string of the molecule is CCOc1ccc(OCC)c(S(=O)(=O)Nc2cccc(O)c2)c1. The third-order valence-electron chi connectivity index (χ3n) is 2.91. The second-order valence-corrected chi connectivity index (χ2v) is 6.28. The molecule has 0 radical (unpaired) electrons. The molecule has 6 nitrogen and oxygen atoms in total. The summed E-state index contributed by atoms with van der Waals surface area (Å²) >= 11 is 0. The van der Waals surface area contributed by atoms with Crippen LogP contribution >= 0.6 is 0 Å². The van der Waals surface area contributed by atoms with Crippen LogP contribution in [0.4, 0.5) is 5.69 Å². The predicted octanol–water partition coefficient (Wildman–Crippen LogP) is 2.99. The first-order valence-electron chi connectivity index (χ1n) is 7.17. The fourth-order valence-electron chi connectivity index (χ4n) is 2.01. The largest absolute Gasteiger partial charge is 0.508 e. The van der Waals surface area contributed by atoms with E-state index in [2.05, 4.69) is 4.72 Å². The molecular weight excluding hydrogens is 318 g/mol. The van der Waals surface area contributed by atoms with Gasteiger partial charge in [0, 0.05) is 12.1 Å². The number of phenolic OH excluding ortho intramolecular Hbond substituents is 1. The maximum absolute atomic E-state index is 12.6. The number of sulfonamides is 1. The molecule has 2 aromatic carbocycles. The van der Waals surface area contributed by atoms with Crippen LogP contribution in [0.1, 0.15) is 13.8 Å². The van der Waals surface area contributed by atoms with Crippen LogP contribution in [0.15, 0.2) is 47.4 Å². The van der Waals surface area contributed by atoms with Gasteiger partial charge in [-0.2, -0.15) is 0 Å². The quantitative estimate of drug-likeness (QED) is 0.811. The van der Waals surface area contributed by atoms with Gasteiger partial charge in [0.25, 0.3) is 10.0 Å². The summed E-state index contributed by atoms with van der Waals surface area (Å²) < 4.78 is 38.4. The Hall–Kier alpha value is -2.41. The minimum absolute atomic E-state index is 0.0198. The zero-order chi connectivity index (χ0) is 16.9. The highest BCUT2D eigenvalue weighted by atomic mass is 32.2. The molecule has 0 fully saturated rings. The Morgan fingerprint density at radius 2 is 1.78 bits per heavy atom. The lowest BCUT2D eigenvalue weighted by Gasteiger charge is -2.14. The van der Waals surface area contributed by atoms with Gasteiger partial charge in [0.1, 0.15) is 22.1 Å². The van der Waals surface area contributed by atoms with Crippen LogP contribution in [0.3, 0.4) is 0 Å². The van der Waals surface area contributed by atoms with Gasteiger partial charge in [0.2, 0.25) is 0 Å². The Morgan fingerprint density at radius 3 is 2.43 bits per heavy atom. The average Bonchev–Trinajstić information content (AvgIpc) is 2.49. The van der Waals surface area contributed by atoms with E-state index < -0.39 is 10.0 Å². The fourth-order valence-corrected chi connectivity index (χ4v) is 3.22. The van der Waals surface area contributed by atoms with Crippen molar-refractivity contribution in [3.63, 3.8) is 0 Å². The molecule has 2 N–H and O–H groups in total. The van der Waals surface area contributed by atoms with Crippen LogP contribution in [0.2, 0.25) is 0 Å². The number of anilines is 1. The van der Waals surface area contributed by atoms with Crippen LogP contribution in [0.25, 0.3) is 0 Å². The standard InChI is InChI=1S/C16H19NO5S/c1-3-21-14-8-9-15(22-4-2)16(11-14)23(19,20)17-12-6-5-7-13(18)10-12/h5-11,17-18H,3-4H2,1-2H3. The van der Waals surface area contributed by atoms with Crippen molar-refractivity contribution >= 4 is 15.7 Å². The molecule has 2 rings (SSSR count). The van der Waals surface area contributed by atoms with Crippen molar-refractivity contribution in [2.45, 2.75) is 18.7 Å². The summed E-state index contributed by atoms with van der Waals surface area (Å²) in [6.07, 6.45) is 0. The van der Waals surface area contributed by atoms with Crippen LogP contribution in [-0.4, -0.2) is 26.7 Å². The number of aromatic hydroxyl groups is 1. The van der Waals surface area contributed by atoms with E-state index in [-0.39, 0.29) is 22.1 Å². The molecule has 0 saturated carbocycles. The van der Waals surface area contributed by atoms with Gasteiger partial charge in [-0.3, -0.25) is 4.72 Å². The van der Waals surface area contributed by atoms with E-state index >= 15 is 0 Å². The highest BCUT2D eigenvalue weighted by molar-refractivity contribution is 7.92. The van der Waals surface area contributed by atoms with Crippen molar-refractivity contribution in [2.75, 3.05) is 17.9 Å². The van der Waals surface area contributed by atoms with E-state index in [9.17, 15) is 13.5 Å². The number of hydrogen-bond donors (Lipinski definition) is 2. The van der Waals surface area contributed by atoms with E-state index in [0.717, 1.165) is 0 Å². The molecule has 0 bridgehead atoms. The topological polar surface area (TPSA) is 84.9 Å². The summed E-state index contributed by atoms with van der Waals surface area (Å²) in [6, 6.07) is 10.5. The number of rotatable bonds is 7. The van der Waals surface area contributed by atoms with Crippen molar-refractivity contribution in [1.29, 1.82) is 0 Å². The van der Waals surface area contributed by atoms with Gasteiger partial charge in [0.05, 0.1) is 18.9 Å². The van der Waals surface area contributed by atoms with Gasteiger partial charge < -0.3 is 14.6 Å². The minimum Gasteiger partial charge on any atom is -0.508 e. The van der Waals surface area contributed by atoms with E-state index in [0.29, 0.717) is 19.0 Å². The van der Waals surface area contributed by atoms with E-state index in [1.54, 1.807) is 31.2 Å². The first kappa shape index (κ1) is 17.0. The number of nitrogens with one attached hydrogen (secondary N) is 1. The Morgan fingerprint density at radius 1 is 1.04 bits per heavy atom. The Bertz CT molecular complexity index is 774. The smallest absolute Gasteiger partial charge is 0.265 e. The van der Waals surface area contributed by atoms with Crippen molar-refractivity contribution in [3.8, 4) is 17.2 Å². The Kier molecular flexibility index (Phi) is 5.33. The number of benzene rings is 2. The molecule has 0 aliphatic rings. The monoisotopic (exact) mass is 337 g/mol. The average molecular weight is 337 g/mol. The second-order valence-electron chi connectivity index (χ2n) is 4.63. The lowest BCUT2D eigenvalue weighted by molar-refractivity contribution is 0.322. The molecule has 0 aliphatic carbocycles. The third-order valence-corrected chi connectivity index (χ3v) is 4.32. The molecule has 0 atom stereocenters. The zero-order valence-electron chi connectivity index (χ0n) is 12.9. The Labute approximate surface area is 135 Å². The van der Waals surface area contributed by atoms with Crippen LogP contribution in [-0.2, 0) is 10.0 Å². The molecule has 0 aromatic heterocycles. The van der Waals surface area contributed by atoms with Gasteiger partial charge in [-0.1, -0.05) is 6.07 Å². The molecule has 0 aliphatic heterocycles. The van der Waals surface area contributed by atoms with Gasteiger partial charge >= 0.3 is 0 Å².